The van der Waals surface area contributed by atoms with Crippen LogP contribution in [0.25, 0.3) is 0 Å². The molecule has 0 aromatic rings. The molecule has 0 heterocycles. The smallest absolute Gasteiger partial charge is 0.566 e. The molecule has 11 heteroatoms. The summed E-state index contributed by atoms with van der Waals surface area (Å²) in [7, 11) is -6.63. The van der Waals surface area contributed by atoms with Gasteiger partial charge >= 0.3 is 82.1 Å². The molecule has 0 aromatic carbocycles. The predicted octanol–water partition coefficient (Wildman–Crippen LogP) is -7.66. The van der Waals surface area contributed by atoms with Crippen LogP contribution in [0.15, 0.2) is 0 Å². The molecular weight excluding hydrogens is 232 g/mol. The zero-order chi connectivity index (χ0) is 8.15. The quantitative estimate of drug-likeness (QED) is 0.291. The molecule has 12 heavy (non-hydrogen) atoms. The molecule has 0 saturated carbocycles. The van der Waals surface area contributed by atoms with Crippen LogP contribution < -0.4 is 68.9 Å². The molecule has 7 nitrogen and oxygen atoms in total. The van der Waals surface area contributed by atoms with Gasteiger partial charge in [-0.15, -0.1) is 0 Å². The molecule has 2 atom stereocenters. The van der Waals surface area contributed by atoms with Crippen molar-refractivity contribution in [3.05, 3.63) is 0 Å². The number of hydrogen-bond acceptors (Lipinski definition) is 7. The molecule has 2 unspecified atom stereocenters. The van der Waals surface area contributed by atoms with Crippen LogP contribution in [0.2, 0.25) is 0 Å². The predicted molar refractivity (Wildman–Crippen MR) is 23.4 cm³/mol. The molecule has 0 aliphatic carbocycles. The second-order valence-electron chi connectivity index (χ2n) is 0.965. The average Bonchev–Trinajstić information content (AvgIpc) is 1.58. The van der Waals surface area contributed by atoms with Crippen LogP contribution in [0.1, 0.15) is 0 Å². The summed E-state index contributed by atoms with van der Waals surface area (Å²) in [5, 5.41) is 8.18. The molecule has 0 spiro atoms. The Hall–Kier alpha value is 2.00. The Kier molecular flexibility index (Phi) is 18.0. The monoisotopic (exact) mass is 234 g/mol. The minimum absolute atomic E-state index is 0. The number of hydrogen-bond donors (Lipinski definition) is 1. The van der Waals surface area contributed by atoms with Gasteiger partial charge < -0.3 is 14.9 Å². The molecule has 0 radical (unpaired) electrons. The van der Waals surface area contributed by atoms with E-state index < -0.39 is 23.0 Å². The van der Waals surface area contributed by atoms with Crippen LogP contribution in [0.5, 0.6) is 0 Å². The second-order valence-corrected chi connectivity index (χ2v) is 2.28. The molecule has 0 aromatic heterocycles. The molecule has 0 fully saturated rings. The van der Waals surface area contributed by atoms with Crippen molar-refractivity contribution in [1.82, 2.24) is 0 Å². The van der Waals surface area contributed by atoms with E-state index in [9.17, 15) is 18.9 Å². The van der Waals surface area contributed by atoms with Crippen LogP contribution in [0, 0.1) is 0 Å². The SMILES string of the molecule is O=[P+]([O-])OC(O)O[P+](=O)[O-].[Na+].[Na+]. The zero-order valence-corrected chi connectivity index (χ0v) is 12.2. The Bertz CT molecular complexity index is 134. The van der Waals surface area contributed by atoms with Crippen LogP contribution in [0.3, 0.4) is 0 Å². The third-order valence-corrected chi connectivity index (χ3v) is 1.06. The van der Waals surface area contributed by atoms with E-state index in [1.165, 1.54) is 0 Å². The third-order valence-electron chi connectivity index (χ3n) is 0.352. The van der Waals surface area contributed by atoms with Gasteiger partial charge in [-0.05, 0) is 9.13 Å². The first-order valence-corrected chi connectivity index (χ1v) is 4.02. The van der Waals surface area contributed by atoms with Crippen molar-refractivity contribution in [2.24, 2.45) is 0 Å². The van der Waals surface area contributed by atoms with E-state index in [1.54, 1.807) is 0 Å². The van der Waals surface area contributed by atoms with Gasteiger partial charge in [0.1, 0.15) is 0 Å². The van der Waals surface area contributed by atoms with Crippen molar-refractivity contribution in [2.75, 3.05) is 0 Å². The van der Waals surface area contributed by atoms with Gasteiger partial charge in [-0.2, -0.15) is 0 Å². The maximum atomic E-state index is 9.57. The van der Waals surface area contributed by atoms with Gasteiger partial charge in [0.2, 0.25) is 0 Å². The standard InChI is InChI=1S/CH2O7P2.2Na/c2-1(7-9(3)4)8-10(5)6;;/h1-2H;;/q;2*+1. The molecule has 58 valence electrons. The van der Waals surface area contributed by atoms with Gasteiger partial charge in [-0.25, -0.2) is 0 Å². The van der Waals surface area contributed by atoms with E-state index in [-0.39, 0.29) is 59.1 Å². The van der Waals surface area contributed by atoms with Crippen LogP contribution in [-0.2, 0) is 18.2 Å². The summed E-state index contributed by atoms with van der Waals surface area (Å²) < 4.78 is 26.1. The number of rotatable bonds is 4. The van der Waals surface area contributed by atoms with E-state index in [2.05, 4.69) is 9.05 Å². The fourth-order valence-electron chi connectivity index (χ4n) is 0.166. The van der Waals surface area contributed by atoms with E-state index in [0.717, 1.165) is 0 Å². The van der Waals surface area contributed by atoms with Gasteiger partial charge in [0.15, 0.2) is 0 Å². The van der Waals surface area contributed by atoms with E-state index in [0.29, 0.717) is 0 Å². The van der Waals surface area contributed by atoms with E-state index in [4.69, 9.17) is 5.11 Å². The van der Waals surface area contributed by atoms with E-state index in [1.807, 2.05) is 0 Å². The Morgan fingerprint density at radius 2 is 1.33 bits per heavy atom. The molecular formula is CH2Na2O7P2+2. The molecule has 0 bridgehead atoms. The van der Waals surface area contributed by atoms with Gasteiger partial charge in [-0.3, -0.25) is 0 Å². The molecule has 0 rings (SSSR count). The fraction of sp³-hybridized carbons (Fsp3) is 1.00. The first-order valence-electron chi connectivity index (χ1n) is 1.83. The average molecular weight is 234 g/mol. The molecule has 0 amide bonds. The summed E-state index contributed by atoms with van der Waals surface area (Å²) in [6, 6.07) is 0. The van der Waals surface area contributed by atoms with Crippen LogP contribution in [0.4, 0.5) is 0 Å². The zero-order valence-electron chi connectivity index (χ0n) is 6.37. The summed E-state index contributed by atoms with van der Waals surface area (Å²) in [5.41, 5.74) is 0. The molecule has 1 N–H and O–H groups in total. The largest absolute Gasteiger partial charge is 1.00 e. The minimum atomic E-state index is -3.31. The van der Waals surface area contributed by atoms with Gasteiger partial charge in [0.25, 0.3) is 0 Å². The number of aliphatic hydroxyl groups is 1. The van der Waals surface area contributed by atoms with Crippen LogP contribution in [-0.4, -0.2) is 11.6 Å². The molecule has 0 aliphatic rings. The summed E-state index contributed by atoms with van der Waals surface area (Å²) in [5.74, 6) is 0. The Morgan fingerprint density at radius 3 is 1.50 bits per heavy atom. The van der Waals surface area contributed by atoms with Gasteiger partial charge in [0.05, 0.1) is 0 Å². The maximum absolute atomic E-state index is 9.57. The van der Waals surface area contributed by atoms with E-state index >= 15 is 0 Å². The summed E-state index contributed by atoms with van der Waals surface area (Å²) in [6.45, 7) is -2.28. The summed E-state index contributed by atoms with van der Waals surface area (Å²) >= 11 is 0. The van der Waals surface area contributed by atoms with Gasteiger partial charge in [0, 0.05) is 0 Å². The third kappa shape index (κ3) is 14.5. The first-order chi connectivity index (χ1) is 4.52. The van der Waals surface area contributed by atoms with Crippen molar-refractivity contribution in [1.29, 1.82) is 0 Å². The number of aliphatic hydroxyl groups excluding tert-OH is 1. The Labute approximate surface area is 114 Å². The first kappa shape index (κ1) is 19.6. The Morgan fingerprint density at radius 1 is 1.08 bits per heavy atom. The van der Waals surface area contributed by atoms with Crippen molar-refractivity contribution in [3.63, 3.8) is 0 Å². The normalized spacial score (nSPS) is 13.6. The van der Waals surface area contributed by atoms with Crippen molar-refractivity contribution in [3.8, 4) is 0 Å². The van der Waals surface area contributed by atoms with Gasteiger partial charge in [-0.1, -0.05) is 9.05 Å². The Balaban J connectivity index is -0.000000405. The van der Waals surface area contributed by atoms with Crippen molar-refractivity contribution in [2.45, 2.75) is 6.48 Å². The van der Waals surface area contributed by atoms with Crippen molar-refractivity contribution < 1.29 is 92.2 Å². The summed E-state index contributed by atoms with van der Waals surface area (Å²) in [4.78, 5) is 19.1. The molecule has 0 saturated heterocycles. The molecule has 0 aliphatic heterocycles. The second kappa shape index (κ2) is 11.1. The van der Waals surface area contributed by atoms with Crippen molar-refractivity contribution >= 4 is 16.5 Å². The topological polar surface area (TPSA) is 119 Å². The summed E-state index contributed by atoms with van der Waals surface area (Å²) in [6.07, 6.45) is 0. The van der Waals surface area contributed by atoms with Crippen LogP contribution >= 0.6 is 16.5 Å². The minimum Gasteiger partial charge on any atom is -0.566 e. The fourth-order valence-corrected chi connectivity index (χ4v) is 0.615. The maximum Gasteiger partial charge on any atom is 1.00 e.